The van der Waals surface area contributed by atoms with Crippen molar-refractivity contribution < 1.29 is 14.3 Å². The largest absolute Gasteiger partial charge is 0.383 e. The number of methoxy groups -OCH3 is 1. The van der Waals surface area contributed by atoms with Gasteiger partial charge in [0.25, 0.3) is 5.91 Å². The van der Waals surface area contributed by atoms with Crippen LogP contribution in [0.3, 0.4) is 0 Å². The van der Waals surface area contributed by atoms with Gasteiger partial charge in [-0.1, -0.05) is 71.4 Å². The van der Waals surface area contributed by atoms with Gasteiger partial charge in [0.1, 0.15) is 12.4 Å². The minimum atomic E-state index is -0.299. The van der Waals surface area contributed by atoms with Crippen molar-refractivity contribution in [3.63, 3.8) is 0 Å². The topological polar surface area (TPSA) is 76.5 Å². The number of rotatable bonds is 8. The molecule has 3 rings (SSSR count). The normalized spacial score (nSPS) is 11.9. The molecule has 0 aliphatic heterocycles. The van der Waals surface area contributed by atoms with E-state index in [1.807, 2.05) is 56.3 Å². The smallest absolute Gasteiger partial charge is 0.254 e. The van der Waals surface area contributed by atoms with Crippen molar-refractivity contribution in [2.75, 3.05) is 32.1 Å². The van der Waals surface area contributed by atoms with Gasteiger partial charge in [0.2, 0.25) is 5.91 Å². The van der Waals surface area contributed by atoms with Gasteiger partial charge in [0.05, 0.1) is 18.0 Å². The predicted molar refractivity (Wildman–Crippen MR) is 153 cm³/mol. The number of hydrogen-bond acceptors (Lipinski definition) is 4. The highest BCUT2D eigenvalue weighted by Gasteiger charge is 2.24. The number of ether oxygens (including phenoxy) is 1. The fourth-order valence-corrected chi connectivity index (χ4v) is 4.17. The van der Waals surface area contributed by atoms with E-state index in [-0.39, 0.29) is 29.2 Å². The third-order valence-corrected chi connectivity index (χ3v) is 6.51. The average molecular weight is 519 g/mol. The molecule has 0 aliphatic rings. The first kappa shape index (κ1) is 29.1. The van der Waals surface area contributed by atoms with Crippen LogP contribution in [0.15, 0.2) is 48.5 Å². The SMILES string of the molecule is COCCN(CC(=O)Nc1cc(C(C)(C)C)nn1-c1ccc(C)cc1C)C(=O)c1ccc(C(C)(C)C)cc1. The minimum absolute atomic E-state index is 0.0120. The summed E-state index contributed by atoms with van der Waals surface area (Å²) in [6.45, 7) is 17.3. The highest BCUT2D eigenvalue weighted by atomic mass is 16.5. The van der Waals surface area contributed by atoms with Gasteiger partial charge in [-0.2, -0.15) is 5.10 Å². The van der Waals surface area contributed by atoms with E-state index < -0.39 is 0 Å². The van der Waals surface area contributed by atoms with Gasteiger partial charge in [0, 0.05) is 30.7 Å². The van der Waals surface area contributed by atoms with Gasteiger partial charge in [-0.3, -0.25) is 9.59 Å². The van der Waals surface area contributed by atoms with Crippen molar-refractivity contribution in [2.24, 2.45) is 0 Å². The Morgan fingerprint density at radius 3 is 2.16 bits per heavy atom. The van der Waals surface area contributed by atoms with E-state index in [0.717, 1.165) is 28.1 Å². The summed E-state index contributed by atoms with van der Waals surface area (Å²) in [4.78, 5) is 28.2. The van der Waals surface area contributed by atoms with Crippen LogP contribution in [0.1, 0.15) is 74.3 Å². The summed E-state index contributed by atoms with van der Waals surface area (Å²) in [6, 6.07) is 15.6. The lowest BCUT2D eigenvalue weighted by Gasteiger charge is -2.23. The molecule has 1 aromatic heterocycles. The molecule has 0 fully saturated rings. The van der Waals surface area contributed by atoms with Crippen molar-refractivity contribution in [2.45, 2.75) is 66.2 Å². The lowest BCUT2D eigenvalue weighted by atomic mass is 9.86. The number of carbonyl (C=O) groups excluding carboxylic acids is 2. The zero-order chi connectivity index (χ0) is 28.3. The van der Waals surface area contributed by atoms with Crippen molar-refractivity contribution in [3.05, 3.63) is 76.5 Å². The van der Waals surface area contributed by atoms with E-state index in [0.29, 0.717) is 24.5 Å². The van der Waals surface area contributed by atoms with Crippen molar-refractivity contribution >= 4 is 17.6 Å². The Balaban J connectivity index is 1.87. The summed E-state index contributed by atoms with van der Waals surface area (Å²) >= 11 is 0. The molecular formula is C31H42N4O3. The fourth-order valence-electron chi connectivity index (χ4n) is 4.17. The lowest BCUT2D eigenvalue weighted by molar-refractivity contribution is -0.117. The van der Waals surface area contributed by atoms with Crippen molar-refractivity contribution in [3.8, 4) is 5.69 Å². The van der Waals surface area contributed by atoms with E-state index in [1.165, 1.54) is 4.90 Å². The number of benzene rings is 2. The fraction of sp³-hybridized carbons (Fsp3) is 0.452. The predicted octanol–water partition coefficient (Wildman–Crippen LogP) is 5.81. The van der Waals surface area contributed by atoms with Crippen LogP contribution in [-0.2, 0) is 20.4 Å². The summed E-state index contributed by atoms with van der Waals surface area (Å²) < 4.78 is 7.00. The molecule has 0 aliphatic carbocycles. The first-order valence-electron chi connectivity index (χ1n) is 13.1. The van der Waals surface area contributed by atoms with Gasteiger partial charge in [-0.25, -0.2) is 4.68 Å². The third-order valence-electron chi connectivity index (χ3n) is 6.51. The Hall–Kier alpha value is -3.45. The maximum Gasteiger partial charge on any atom is 0.254 e. The van der Waals surface area contributed by atoms with Gasteiger partial charge in [0.15, 0.2) is 0 Å². The van der Waals surface area contributed by atoms with Crippen LogP contribution in [0.2, 0.25) is 0 Å². The number of aryl methyl sites for hydroxylation is 2. The van der Waals surface area contributed by atoms with Gasteiger partial charge in [-0.05, 0) is 48.6 Å². The maximum atomic E-state index is 13.4. The molecule has 0 atom stereocenters. The van der Waals surface area contributed by atoms with E-state index >= 15 is 0 Å². The molecule has 1 N–H and O–H groups in total. The van der Waals surface area contributed by atoms with Crippen molar-refractivity contribution in [1.29, 1.82) is 0 Å². The first-order chi connectivity index (χ1) is 17.7. The zero-order valence-corrected chi connectivity index (χ0v) is 24.3. The number of amides is 2. The Kier molecular flexibility index (Phi) is 8.82. The quantitative estimate of drug-likeness (QED) is 0.408. The number of nitrogens with zero attached hydrogens (tertiary/aromatic N) is 3. The Morgan fingerprint density at radius 1 is 0.947 bits per heavy atom. The molecule has 0 unspecified atom stereocenters. The first-order valence-corrected chi connectivity index (χ1v) is 13.1. The summed E-state index contributed by atoms with van der Waals surface area (Å²) in [5.74, 6) is 0.0589. The van der Waals surface area contributed by atoms with Crippen LogP contribution >= 0.6 is 0 Å². The second-order valence-electron chi connectivity index (χ2n) is 12.0. The van der Waals surface area contributed by atoms with Gasteiger partial charge < -0.3 is 15.0 Å². The molecule has 0 saturated carbocycles. The molecule has 0 spiro atoms. The van der Waals surface area contributed by atoms with Gasteiger partial charge >= 0.3 is 0 Å². The van der Waals surface area contributed by atoms with Crippen molar-refractivity contribution in [1.82, 2.24) is 14.7 Å². The average Bonchev–Trinajstić information content (AvgIpc) is 3.24. The molecule has 38 heavy (non-hydrogen) atoms. The standard InChI is InChI=1S/C31H42N4O3/c1-21-10-15-25(22(2)18-21)35-27(19-26(33-35)31(6,7)8)32-28(36)20-34(16-17-38-9)29(37)23-11-13-24(14-12-23)30(3,4)5/h10-15,18-19H,16-17,20H2,1-9H3,(H,32,36). The Bertz CT molecular complexity index is 1280. The molecule has 0 saturated heterocycles. The number of nitrogens with one attached hydrogen (secondary N) is 1. The van der Waals surface area contributed by atoms with Crippen LogP contribution in [0.4, 0.5) is 5.82 Å². The number of hydrogen-bond donors (Lipinski definition) is 1. The Labute approximate surface area is 227 Å². The van der Waals surface area contributed by atoms with E-state index in [4.69, 9.17) is 9.84 Å². The second kappa shape index (κ2) is 11.5. The highest BCUT2D eigenvalue weighted by Crippen LogP contribution is 2.28. The minimum Gasteiger partial charge on any atom is -0.383 e. The summed E-state index contributed by atoms with van der Waals surface area (Å²) in [5.41, 5.74) is 5.43. The maximum absolute atomic E-state index is 13.4. The highest BCUT2D eigenvalue weighted by molar-refractivity contribution is 5.99. The van der Waals surface area contributed by atoms with E-state index in [9.17, 15) is 9.59 Å². The second-order valence-corrected chi connectivity index (χ2v) is 12.0. The molecule has 3 aromatic rings. The van der Waals surface area contributed by atoms with Gasteiger partial charge in [-0.15, -0.1) is 0 Å². The van der Waals surface area contributed by atoms with Crippen LogP contribution in [0, 0.1) is 13.8 Å². The van der Waals surface area contributed by atoms with Crippen LogP contribution in [-0.4, -0.2) is 53.3 Å². The Morgan fingerprint density at radius 2 is 1.61 bits per heavy atom. The molecule has 2 aromatic carbocycles. The molecule has 0 radical (unpaired) electrons. The monoisotopic (exact) mass is 518 g/mol. The number of carbonyl (C=O) groups is 2. The molecule has 204 valence electrons. The molecule has 1 heterocycles. The summed E-state index contributed by atoms with van der Waals surface area (Å²) in [5, 5.41) is 7.85. The third kappa shape index (κ3) is 7.10. The van der Waals surface area contributed by atoms with Crippen LogP contribution < -0.4 is 5.32 Å². The molecular weight excluding hydrogens is 476 g/mol. The number of aromatic nitrogens is 2. The summed E-state index contributed by atoms with van der Waals surface area (Å²) in [7, 11) is 1.58. The van der Waals surface area contributed by atoms with Crippen LogP contribution in [0.25, 0.3) is 5.69 Å². The molecule has 2 amide bonds. The molecule has 0 bridgehead atoms. The van der Waals surface area contributed by atoms with E-state index in [2.05, 4.69) is 52.9 Å². The lowest BCUT2D eigenvalue weighted by Crippen LogP contribution is -2.40. The van der Waals surface area contributed by atoms with E-state index in [1.54, 1.807) is 11.8 Å². The molecule has 7 nitrogen and oxygen atoms in total. The molecule has 7 heteroatoms. The number of anilines is 1. The zero-order valence-electron chi connectivity index (χ0n) is 24.3. The van der Waals surface area contributed by atoms with Crippen LogP contribution in [0.5, 0.6) is 0 Å². The summed E-state index contributed by atoms with van der Waals surface area (Å²) in [6.07, 6.45) is 0.